The molecule has 24 heavy (non-hydrogen) atoms. The van der Waals surface area contributed by atoms with Crippen LogP contribution in [0.25, 0.3) is 10.9 Å². The molecule has 0 spiro atoms. The van der Waals surface area contributed by atoms with E-state index in [1.807, 2.05) is 24.4 Å². The Morgan fingerprint density at radius 2 is 2.00 bits per heavy atom. The standard InChI is InChI=1S/C17H20N4O2S/c1-2-24(22,23)21-17-8-7-14(12-20-17)18-10-9-13-11-19-16-6-4-3-5-15(13)16/h3-8,11-12,18-19H,2,9-10H2,1H3,(H,20,21). The molecule has 0 saturated carbocycles. The lowest BCUT2D eigenvalue weighted by molar-refractivity contribution is 0.602. The summed E-state index contributed by atoms with van der Waals surface area (Å²) in [5.74, 6) is 0.360. The van der Waals surface area contributed by atoms with E-state index < -0.39 is 10.0 Å². The molecule has 0 atom stereocenters. The van der Waals surface area contributed by atoms with E-state index in [4.69, 9.17) is 0 Å². The number of rotatable bonds is 7. The molecule has 126 valence electrons. The summed E-state index contributed by atoms with van der Waals surface area (Å²) >= 11 is 0. The number of pyridine rings is 1. The van der Waals surface area contributed by atoms with Gasteiger partial charge in [0.1, 0.15) is 5.82 Å². The second-order valence-electron chi connectivity index (χ2n) is 5.47. The molecule has 0 aliphatic heterocycles. The molecular formula is C17H20N4O2S. The first-order valence-electron chi connectivity index (χ1n) is 7.83. The van der Waals surface area contributed by atoms with Crippen molar-refractivity contribution in [2.24, 2.45) is 0 Å². The lowest BCUT2D eigenvalue weighted by atomic mass is 10.1. The van der Waals surface area contributed by atoms with Crippen molar-refractivity contribution < 1.29 is 8.42 Å². The molecule has 0 amide bonds. The third kappa shape index (κ3) is 3.86. The molecule has 7 heteroatoms. The number of benzene rings is 1. The zero-order valence-corrected chi connectivity index (χ0v) is 14.2. The fourth-order valence-electron chi connectivity index (χ4n) is 2.47. The Balaban J connectivity index is 1.57. The first-order valence-corrected chi connectivity index (χ1v) is 9.48. The van der Waals surface area contributed by atoms with Crippen LogP contribution < -0.4 is 10.0 Å². The number of aromatic amines is 1. The summed E-state index contributed by atoms with van der Waals surface area (Å²) in [5.41, 5.74) is 3.26. The molecule has 3 rings (SSSR count). The number of nitrogens with one attached hydrogen (secondary N) is 3. The van der Waals surface area contributed by atoms with Gasteiger partial charge < -0.3 is 10.3 Å². The van der Waals surface area contributed by atoms with Gasteiger partial charge in [-0.25, -0.2) is 13.4 Å². The van der Waals surface area contributed by atoms with Gasteiger partial charge in [0.2, 0.25) is 10.0 Å². The number of hydrogen-bond donors (Lipinski definition) is 3. The van der Waals surface area contributed by atoms with Crippen LogP contribution in [-0.4, -0.2) is 30.7 Å². The average Bonchev–Trinajstić information content (AvgIpc) is 3.00. The molecule has 6 nitrogen and oxygen atoms in total. The van der Waals surface area contributed by atoms with Crippen LogP contribution in [0.15, 0.2) is 48.8 Å². The Morgan fingerprint density at radius 3 is 2.75 bits per heavy atom. The van der Waals surface area contributed by atoms with Crippen LogP contribution in [0.4, 0.5) is 11.5 Å². The first-order chi connectivity index (χ1) is 11.6. The summed E-state index contributed by atoms with van der Waals surface area (Å²) in [7, 11) is -3.29. The number of sulfonamides is 1. The topological polar surface area (TPSA) is 86.9 Å². The summed E-state index contributed by atoms with van der Waals surface area (Å²) in [4.78, 5) is 7.38. The normalized spacial score (nSPS) is 11.5. The molecule has 2 aromatic heterocycles. The molecule has 0 saturated heterocycles. The van der Waals surface area contributed by atoms with Crippen molar-refractivity contribution in [3.05, 3.63) is 54.4 Å². The number of H-pyrrole nitrogens is 1. The van der Waals surface area contributed by atoms with Crippen molar-refractivity contribution in [2.75, 3.05) is 22.3 Å². The van der Waals surface area contributed by atoms with Crippen molar-refractivity contribution >= 4 is 32.4 Å². The monoisotopic (exact) mass is 344 g/mol. The van der Waals surface area contributed by atoms with Gasteiger partial charge >= 0.3 is 0 Å². The lowest BCUT2D eigenvalue weighted by Gasteiger charge is -2.08. The molecule has 2 heterocycles. The van der Waals surface area contributed by atoms with Crippen LogP contribution in [-0.2, 0) is 16.4 Å². The maximum atomic E-state index is 11.5. The number of fused-ring (bicyclic) bond motifs is 1. The van der Waals surface area contributed by atoms with Crippen molar-refractivity contribution in [1.29, 1.82) is 0 Å². The molecule has 0 unspecified atom stereocenters. The van der Waals surface area contributed by atoms with Crippen LogP contribution in [0.1, 0.15) is 12.5 Å². The molecule has 0 aliphatic rings. The zero-order chi connectivity index (χ0) is 17.0. The zero-order valence-electron chi connectivity index (χ0n) is 13.4. The van der Waals surface area contributed by atoms with Crippen molar-refractivity contribution in [2.45, 2.75) is 13.3 Å². The van der Waals surface area contributed by atoms with Gasteiger partial charge in [-0.2, -0.15) is 0 Å². The quantitative estimate of drug-likeness (QED) is 0.615. The average molecular weight is 344 g/mol. The highest BCUT2D eigenvalue weighted by atomic mass is 32.2. The van der Waals surface area contributed by atoms with Crippen LogP contribution in [0.2, 0.25) is 0 Å². The molecule has 0 aliphatic carbocycles. The van der Waals surface area contributed by atoms with Crippen LogP contribution >= 0.6 is 0 Å². The van der Waals surface area contributed by atoms with Crippen molar-refractivity contribution in [3.8, 4) is 0 Å². The molecule has 1 aromatic carbocycles. The fourth-order valence-corrected chi connectivity index (χ4v) is 3.05. The van der Waals surface area contributed by atoms with Gasteiger partial charge in [-0.3, -0.25) is 4.72 Å². The van der Waals surface area contributed by atoms with E-state index in [9.17, 15) is 8.42 Å². The van der Waals surface area contributed by atoms with Crippen LogP contribution in [0.3, 0.4) is 0 Å². The van der Waals surface area contributed by atoms with Crippen LogP contribution in [0.5, 0.6) is 0 Å². The minimum atomic E-state index is -3.29. The van der Waals surface area contributed by atoms with Crippen LogP contribution in [0, 0.1) is 0 Å². The molecular weight excluding hydrogens is 324 g/mol. The fraction of sp³-hybridized carbons (Fsp3) is 0.235. The van der Waals surface area contributed by atoms with E-state index in [1.54, 1.807) is 19.2 Å². The van der Waals surface area contributed by atoms with E-state index in [0.29, 0.717) is 5.82 Å². The lowest BCUT2D eigenvalue weighted by Crippen LogP contribution is -2.15. The van der Waals surface area contributed by atoms with Gasteiger partial charge in [-0.15, -0.1) is 0 Å². The van der Waals surface area contributed by atoms with Gasteiger partial charge in [-0.05, 0) is 37.1 Å². The smallest absolute Gasteiger partial charge is 0.233 e. The van der Waals surface area contributed by atoms with Gasteiger partial charge in [0.15, 0.2) is 0 Å². The Morgan fingerprint density at radius 1 is 1.17 bits per heavy atom. The Labute approximate surface area is 141 Å². The van der Waals surface area contributed by atoms with Crippen molar-refractivity contribution in [3.63, 3.8) is 0 Å². The molecule has 0 fully saturated rings. The number of para-hydroxylation sites is 1. The summed E-state index contributed by atoms with van der Waals surface area (Å²) in [6, 6.07) is 11.7. The van der Waals surface area contributed by atoms with E-state index in [2.05, 4.69) is 32.1 Å². The largest absolute Gasteiger partial charge is 0.383 e. The minimum absolute atomic E-state index is 0.0271. The second kappa shape index (κ2) is 6.92. The molecule has 0 bridgehead atoms. The van der Waals surface area contributed by atoms with E-state index in [-0.39, 0.29) is 5.75 Å². The third-order valence-electron chi connectivity index (χ3n) is 3.80. The number of hydrogen-bond acceptors (Lipinski definition) is 4. The molecule has 0 radical (unpaired) electrons. The van der Waals surface area contributed by atoms with Gasteiger partial charge in [0.25, 0.3) is 0 Å². The molecule has 3 N–H and O–H groups in total. The van der Waals surface area contributed by atoms with Gasteiger partial charge in [0, 0.05) is 23.6 Å². The Hall–Kier alpha value is -2.54. The third-order valence-corrected chi connectivity index (χ3v) is 5.08. The van der Waals surface area contributed by atoms with Gasteiger partial charge in [0.05, 0.1) is 17.6 Å². The highest BCUT2D eigenvalue weighted by Gasteiger charge is 2.07. The molecule has 3 aromatic rings. The second-order valence-corrected chi connectivity index (χ2v) is 7.48. The predicted octanol–water partition coefficient (Wildman–Crippen LogP) is 2.98. The van der Waals surface area contributed by atoms with E-state index >= 15 is 0 Å². The first kappa shape index (κ1) is 16.3. The Bertz CT molecular complexity index is 917. The van der Waals surface area contributed by atoms with E-state index in [0.717, 1.165) is 24.2 Å². The Kier molecular flexibility index (Phi) is 4.71. The predicted molar refractivity (Wildman–Crippen MR) is 97.8 cm³/mol. The van der Waals surface area contributed by atoms with Crippen molar-refractivity contribution in [1.82, 2.24) is 9.97 Å². The summed E-state index contributed by atoms with van der Waals surface area (Å²) < 4.78 is 25.4. The SMILES string of the molecule is CCS(=O)(=O)Nc1ccc(NCCc2c[nH]c3ccccc23)cn1. The number of anilines is 2. The highest BCUT2D eigenvalue weighted by molar-refractivity contribution is 7.92. The van der Waals surface area contributed by atoms with Gasteiger partial charge in [-0.1, -0.05) is 18.2 Å². The summed E-state index contributed by atoms with van der Waals surface area (Å²) in [6.45, 7) is 2.35. The maximum absolute atomic E-state index is 11.5. The number of aromatic nitrogens is 2. The summed E-state index contributed by atoms with van der Waals surface area (Å²) in [6.07, 6.45) is 4.55. The number of nitrogens with zero attached hydrogens (tertiary/aromatic N) is 1. The minimum Gasteiger partial charge on any atom is -0.383 e. The highest BCUT2D eigenvalue weighted by Crippen LogP contribution is 2.18. The summed E-state index contributed by atoms with van der Waals surface area (Å²) in [5, 5.41) is 4.54. The maximum Gasteiger partial charge on any atom is 0.233 e. The van der Waals surface area contributed by atoms with E-state index in [1.165, 1.54) is 10.9 Å².